The summed E-state index contributed by atoms with van der Waals surface area (Å²) in [5.41, 5.74) is 2.69. The second-order valence-electron chi connectivity index (χ2n) is 5.40. The Labute approximate surface area is 139 Å². The number of thioether (sulfide) groups is 1. The maximum Gasteiger partial charge on any atom is 0.335 e. The first-order valence-electron chi connectivity index (χ1n) is 7.25. The fourth-order valence-corrected chi connectivity index (χ4v) is 2.87. The summed E-state index contributed by atoms with van der Waals surface area (Å²) >= 11 is 1.47. The van der Waals surface area contributed by atoms with Crippen LogP contribution in [0.25, 0.3) is 0 Å². The fourth-order valence-electron chi connectivity index (χ4n) is 2.00. The molecule has 0 radical (unpaired) electrons. The highest BCUT2D eigenvalue weighted by atomic mass is 32.2. The Morgan fingerprint density at radius 2 is 1.74 bits per heavy atom. The van der Waals surface area contributed by atoms with E-state index in [1.54, 1.807) is 6.07 Å². The van der Waals surface area contributed by atoms with Gasteiger partial charge in [0.05, 0.1) is 10.8 Å². The molecular formula is C18H19NO3S. The van der Waals surface area contributed by atoms with Crippen LogP contribution in [-0.2, 0) is 4.79 Å². The maximum atomic E-state index is 12.3. The number of anilines is 1. The molecule has 4 nitrogen and oxygen atoms in total. The third-order valence-corrected chi connectivity index (χ3v) is 4.56. The number of amides is 1. The number of carbonyl (C=O) groups excluding carboxylic acids is 1. The number of benzene rings is 2. The van der Waals surface area contributed by atoms with Gasteiger partial charge >= 0.3 is 5.97 Å². The molecule has 120 valence electrons. The molecule has 0 spiro atoms. The highest BCUT2D eigenvalue weighted by Gasteiger charge is 2.16. The van der Waals surface area contributed by atoms with Crippen molar-refractivity contribution in [2.45, 2.75) is 30.9 Å². The minimum atomic E-state index is -1.01. The number of nitrogens with one attached hydrogen (secondary N) is 1. The second kappa shape index (κ2) is 7.33. The topological polar surface area (TPSA) is 66.4 Å². The lowest BCUT2D eigenvalue weighted by Crippen LogP contribution is -2.23. The van der Waals surface area contributed by atoms with Crippen molar-refractivity contribution in [1.29, 1.82) is 0 Å². The van der Waals surface area contributed by atoms with Gasteiger partial charge in [-0.2, -0.15) is 0 Å². The SMILES string of the molecule is Cc1ccc(S[C@H](C)C(=O)Nc2cc(C(=O)O)ccc2C)cc1. The van der Waals surface area contributed by atoms with E-state index in [4.69, 9.17) is 5.11 Å². The largest absolute Gasteiger partial charge is 0.478 e. The summed E-state index contributed by atoms with van der Waals surface area (Å²) in [5, 5.41) is 11.6. The summed E-state index contributed by atoms with van der Waals surface area (Å²) in [6.07, 6.45) is 0. The van der Waals surface area contributed by atoms with E-state index in [9.17, 15) is 9.59 Å². The average Bonchev–Trinajstić information content (AvgIpc) is 2.51. The van der Waals surface area contributed by atoms with Gasteiger partial charge in [-0.1, -0.05) is 23.8 Å². The molecule has 23 heavy (non-hydrogen) atoms. The lowest BCUT2D eigenvalue weighted by Gasteiger charge is -2.14. The molecule has 0 aliphatic carbocycles. The van der Waals surface area contributed by atoms with Gasteiger partial charge in [0.1, 0.15) is 0 Å². The van der Waals surface area contributed by atoms with Crippen molar-refractivity contribution in [3.05, 3.63) is 59.2 Å². The number of carbonyl (C=O) groups is 2. The van der Waals surface area contributed by atoms with Crippen LogP contribution < -0.4 is 5.32 Å². The Bertz CT molecular complexity index is 726. The van der Waals surface area contributed by atoms with E-state index in [1.165, 1.54) is 29.5 Å². The van der Waals surface area contributed by atoms with Crippen LogP contribution in [0.1, 0.15) is 28.4 Å². The zero-order valence-electron chi connectivity index (χ0n) is 13.3. The normalized spacial score (nSPS) is 11.8. The molecule has 0 fully saturated rings. The van der Waals surface area contributed by atoms with Crippen molar-refractivity contribution in [1.82, 2.24) is 0 Å². The predicted octanol–water partition coefficient (Wildman–Crippen LogP) is 4.12. The van der Waals surface area contributed by atoms with Gasteiger partial charge in [-0.15, -0.1) is 11.8 Å². The molecule has 0 aliphatic heterocycles. The van der Waals surface area contributed by atoms with Crippen LogP contribution in [0, 0.1) is 13.8 Å². The van der Waals surface area contributed by atoms with Crippen molar-refractivity contribution < 1.29 is 14.7 Å². The predicted molar refractivity (Wildman–Crippen MR) is 93.3 cm³/mol. The Morgan fingerprint density at radius 1 is 1.09 bits per heavy atom. The molecule has 2 rings (SSSR count). The van der Waals surface area contributed by atoms with Gasteiger partial charge < -0.3 is 10.4 Å². The molecular weight excluding hydrogens is 310 g/mol. The number of carboxylic acids is 1. The number of carboxylic acid groups (broad SMARTS) is 1. The van der Waals surface area contributed by atoms with Gasteiger partial charge in [0, 0.05) is 10.6 Å². The van der Waals surface area contributed by atoms with Gasteiger partial charge in [0.15, 0.2) is 0 Å². The molecule has 1 atom stereocenters. The van der Waals surface area contributed by atoms with Crippen LogP contribution in [0.5, 0.6) is 0 Å². The molecule has 0 unspecified atom stereocenters. The van der Waals surface area contributed by atoms with Crippen molar-refractivity contribution in [2.75, 3.05) is 5.32 Å². The third kappa shape index (κ3) is 4.60. The molecule has 0 saturated heterocycles. The zero-order valence-corrected chi connectivity index (χ0v) is 14.1. The number of aromatic carboxylic acids is 1. The Morgan fingerprint density at radius 3 is 2.35 bits per heavy atom. The molecule has 0 saturated carbocycles. The van der Waals surface area contributed by atoms with E-state index in [-0.39, 0.29) is 16.7 Å². The third-order valence-electron chi connectivity index (χ3n) is 3.45. The molecule has 2 aromatic rings. The Hall–Kier alpha value is -2.27. The summed E-state index contributed by atoms with van der Waals surface area (Å²) in [7, 11) is 0. The lowest BCUT2D eigenvalue weighted by atomic mass is 10.1. The summed E-state index contributed by atoms with van der Waals surface area (Å²) < 4.78 is 0. The first-order valence-corrected chi connectivity index (χ1v) is 8.13. The Balaban J connectivity index is 2.07. The monoisotopic (exact) mass is 329 g/mol. The quantitative estimate of drug-likeness (QED) is 0.810. The standard InChI is InChI=1S/C18H19NO3S/c1-11-4-8-15(9-5-11)23-13(3)17(20)19-16-10-14(18(21)22)7-6-12(16)2/h4-10,13H,1-3H3,(H,19,20)(H,21,22)/t13-/m1/s1. The first-order chi connectivity index (χ1) is 10.9. The highest BCUT2D eigenvalue weighted by molar-refractivity contribution is 8.00. The molecule has 0 bridgehead atoms. The zero-order chi connectivity index (χ0) is 17.0. The van der Waals surface area contributed by atoms with Crippen LogP contribution in [0.3, 0.4) is 0 Å². The van der Waals surface area contributed by atoms with Gasteiger partial charge in [0.2, 0.25) is 5.91 Å². The highest BCUT2D eigenvalue weighted by Crippen LogP contribution is 2.25. The van der Waals surface area contributed by atoms with Crippen molar-refractivity contribution >= 4 is 29.3 Å². The molecule has 0 aliphatic rings. The average molecular weight is 329 g/mol. The fraction of sp³-hybridized carbons (Fsp3) is 0.222. The molecule has 5 heteroatoms. The van der Waals surface area contributed by atoms with E-state index in [2.05, 4.69) is 5.32 Å². The van der Waals surface area contributed by atoms with E-state index in [0.29, 0.717) is 5.69 Å². The maximum absolute atomic E-state index is 12.3. The van der Waals surface area contributed by atoms with Crippen molar-refractivity contribution in [3.63, 3.8) is 0 Å². The summed E-state index contributed by atoms with van der Waals surface area (Å²) in [6.45, 7) is 5.68. The summed E-state index contributed by atoms with van der Waals surface area (Å²) in [4.78, 5) is 24.4. The molecule has 2 N–H and O–H groups in total. The van der Waals surface area contributed by atoms with E-state index in [1.807, 2.05) is 45.0 Å². The van der Waals surface area contributed by atoms with Crippen LogP contribution in [-0.4, -0.2) is 22.2 Å². The van der Waals surface area contributed by atoms with Crippen LogP contribution in [0.2, 0.25) is 0 Å². The van der Waals surface area contributed by atoms with Crippen molar-refractivity contribution in [3.8, 4) is 0 Å². The molecule has 2 aromatic carbocycles. The van der Waals surface area contributed by atoms with Gasteiger partial charge in [-0.05, 0) is 50.6 Å². The number of rotatable bonds is 5. The summed E-state index contributed by atoms with van der Waals surface area (Å²) in [6, 6.07) is 12.7. The minimum absolute atomic E-state index is 0.152. The molecule has 1 amide bonds. The second-order valence-corrected chi connectivity index (χ2v) is 6.81. The smallest absolute Gasteiger partial charge is 0.335 e. The number of aryl methyl sites for hydroxylation is 2. The lowest BCUT2D eigenvalue weighted by molar-refractivity contribution is -0.115. The minimum Gasteiger partial charge on any atom is -0.478 e. The van der Waals surface area contributed by atoms with Gasteiger partial charge in [-0.3, -0.25) is 4.79 Å². The van der Waals surface area contributed by atoms with Crippen LogP contribution in [0.4, 0.5) is 5.69 Å². The molecule has 0 heterocycles. The summed E-state index contributed by atoms with van der Waals surface area (Å²) in [5.74, 6) is -1.16. The Kier molecular flexibility index (Phi) is 5.45. The number of hydrogen-bond donors (Lipinski definition) is 2. The van der Waals surface area contributed by atoms with E-state index < -0.39 is 5.97 Å². The van der Waals surface area contributed by atoms with E-state index >= 15 is 0 Å². The van der Waals surface area contributed by atoms with Gasteiger partial charge in [0.25, 0.3) is 0 Å². The van der Waals surface area contributed by atoms with Crippen LogP contribution in [0.15, 0.2) is 47.4 Å². The molecule has 0 aromatic heterocycles. The first kappa shape index (κ1) is 17.1. The number of hydrogen-bond acceptors (Lipinski definition) is 3. The van der Waals surface area contributed by atoms with Gasteiger partial charge in [-0.25, -0.2) is 4.79 Å². The van der Waals surface area contributed by atoms with Crippen molar-refractivity contribution in [2.24, 2.45) is 0 Å². The van der Waals surface area contributed by atoms with E-state index in [0.717, 1.165) is 10.5 Å². The van der Waals surface area contributed by atoms with Crippen LogP contribution >= 0.6 is 11.8 Å².